The highest BCUT2D eigenvalue weighted by atomic mass is 14.1. The van der Waals surface area contributed by atoms with Gasteiger partial charge in [-0.15, -0.1) is 0 Å². The second-order valence-corrected chi connectivity index (χ2v) is 10.9. The van der Waals surface area contributed by atoms with Crippen LogP contribution in [0.3, 0.4) is 0 Å². The van der Waals surface area contributed by atoms with E-state index in [4.69, 9.17) is 0 Å². The lowest BCUT2D eigenvalue weighted by Gasteiger charge is -2.17. The summed E-state index contributed by atoms with van der Waals surface area (Å²) in [5.74, 6) is 1.01. The van der Waals surface area contributed by atoms with Crippen LogP contribution in [-0.4, -0.2) is 0 Å². The molecule has 0 spiro atoms. The molecule has 0 aliphatic carbocycles. The van der Waals surface area contributed by atoms with E-state index in [0.717, 1.165) is 12.3 Å². The minimum absolute atomic E-state index is 1.01. The fourth-order valence-electron chi connectivity index (χ4n) is 5.24. The topological polar surface area (TPSA) is 0 Å². The molecule has 0 heteroatoms. The van der Waals surface area contributed by atoms with Crippen molar-refractivity contribution in [3.63, 3.8) is 0 Å². The molecule has 32 heavy (non-hydrogen) atoms. The van der Waals surface area contributed by atoms with E-state index < -0.39 is 0 Å². The molecule has 0 aliphatic heterocycles. The van der Waals surface area contributed by atoms with Crippen molar-refractivity contribution in [3.05, 3.63) is 6.92 Å². The molecule has 0 aromatic rings. The predicted molar refractivity (Wildman–Crippen MR) is 149 cm³/mol. The van der Waals surface area contributed by atoms with Crippen LogP contribution in [-0.2, 0) is 0 Å². The van der Waals surface area contributed by atoms with E-state index in [1.54, 1.807) is 0 Å². The molecule has 1 atom stereocenters. The third kappa shape index (κ3) is 26.3. The van der Waals surface area contributed by atoms with Gasteiger partial charge >= 0.3 is 0 Å². The first-order chi connectivity index (χ1) is 15.8. The zero-order valence-electron chi connectivity index (χ0n) is 23.1. The number of hydrogen-bond donors (Lipinski definition) is 0. The molecule has 0 aliphatic rings. The largest absolute Gasteiger partial charge is 0.0654 e. The minimum atomic E-state index is 1.01. The highest BCUT2D eigenvalue weighted by molar-refractivity contribution is 4.62. The SMILES string of the molecule is [CH2]CCCCC(CCCCCCCC)CCCCCCCCCCCCCCCCCC. The molecule has 0 heterocycles. The van der Waals surface area contributed by atoms with Gasteiger partial charge in [0.05, 0.1) is 0 Å². The van der Waals surface area contributed by atoms with E-state index in [1.807, 2.05) is 0 Å². The Morgan fingerprint density at radius 3 is 0.875 bits per heavy atom. The molecular formula is C32H65. The highest BCUT2D eigenvalue weighted by Crippen LogP contribution is 2.24. The van der Waals surface area contributed by atoms with Gasteiger partial charge in [-0.1, -0.05) is 201 Å². The van der Waals surface area contributed by atoms with Gasteiger partial charge in [-0.25, -0.2) is 0 Å². The lowest BCUT2D eigenvalue weighted by Crippen LogP contribution is -2.01. The molecule has 193 valence electrons. The first kappa shape index (κ1) is 32.0. The molecule has 0 saturated heterocycles. The van der Waals surface area contributed by atoms with Crippen molar-refractivity contribution in [3.8, 4) is 0 Å². The van der Waals surface area contributed by atoms with Crippen LogP contribution in [0.4, 0.5) is 0 Å². The monoisotopic (exact) mass is 450 g/mol. The van der Waals surface area contributed by atoms with E-state index in [1.165, 1.54) is 173 Å². The lowest BCUT2D eigenvalue weighted by atomic mass is 9.89. The highest BCUT2D eigenvalue weighted by Gasteiger charge is 2.08. The molecule has 0 fully saturated rings. The van der Waals surface area contributed by atoms with Crippen molar-refractivity contribution in [2.75, 3.05) is 0 Å². The lowest BCUT2D eigenvalue weighted by molar-refractivity contribution is 0.368. The summed E-state index contributed by atoms with van der Waals surface area (Å²) in [6.07, 6.45) is 40.7. The zero-order chi connectivity index (χ0) is 23.4. The van der Waals surface area contributed by atoms with Gasteiger partial charge in [0, 0.05) is 0 Å². The van der Waals surface area contributed by atoms with Crippen molar-refractivity contribution in [1.29, 1.82) is 0 Å². The van der Waals surface area contributed by atoms with Crippen LogP contribution in [0.2, 0.25) is 0 Å². The van der Waals surface area contributed by atoms with E-state index in [9.17, 15) is 0 Å². The van der Waals surface area contributed by atoms with Gasteiger partial charge in [-0.2, -0.15) is 0 Å². The summed E-state index contributed by atoms with van der Waals surface area (Å²) in [4.78, 5) is 0. The Bertz CT molecular complexity index is 307. The fraction of sp³-hybridized carbons (Fsp3) is 0.969. The summed E-state index contributed by atoms with van der Waals surface area (Å²) < 4.78 is 0. The summed E-state index contributed by atoms with van der Waals surface area (Å²) >= 11 is 0. The van der Waals surface area contributed by atoms with E-state index in [-0.39, 0.29) is 0 Å². The maximum Gasteiger partial charge on any atom is -0.0414 e. The van der Waals surface area contributed by atoms with Crippen molar-refractivity contribution in [2.45, 2.75) is 194 Å². The third-order valence-corrected chi connectivity index (χ3v) is 7.54. The van der Waals surface area contributed by atoms with Gasteiger partial charge < -0.3 is 0 Å². The molecule has 0 saturated carbocycles. The standard InChI is InChI=1S/C32H65/c1-4-7-10-12-14-15-16-17-18-19-20-21-22-23-25-28-31-32(29-26-9-6-3)30-27-24-13-11-8-5-2/h32H,3-31H2,1-2H3. The molecule has 0 nitrogen and oxygen atoms in total. The van der Waals surface area contributed by atoms with Crippen LogP contribution in [0.25, 0.3) is 0 Å². The Morgan fingerprint density at radius 1 is 0.344 bits per heavy atom. The smallest absolute Gasteiger partial charge is 0.0414 e. The summed E-state index contributed by atoms with van der Waals surface area (Å²) in [5.41, 5.74) is 0. The molecule has 0 amide bonds. The number of rotatable bonds is 28. The van der Waals surface area contributed by atoms with Crippen molar-refractivity contribution in [1.82, 2.24) is 0 Å². The van der Waals surface area contributed by atoms with Gasteiger partial charge in [0.15, 0.2) is 0 Å². The van der Waals surface area contributed by atoms with Crippen LogP contribution in [0.15, 0.2) is 0 Å². The summed E-state index contributed by atoms with van der Waals surface area (Å²) in [7, 11) is 0. The minimum Gasteiger partial charge on any atom is -0.0654 e. The molecule has 0 N–H and O–H groups in total. The van der Waals surface area contributed by atoms with Crippen LogP contribution >= 0.6 is 0 Å². The van der Waals surface area contributed by atoms with E-state index >= 15 is 0 Å². The average Bonchev–Trinajstić information content (AvgIpc) is 2.80. The Kier molecular flexibility index (Phi) is 29.0. The first-order valence-electron chi connectivity index (χ1n) is 15.6. The van der Waals surface area contributed by atoms with Gasteiger partial charge in [0.25, 0.3) is 0 Å². The maximum absolute atomic E-state index is 4.03. The van der Waals surface area contributed by atoms with Gasteiger partial charge in [-0.05, 0) is 5.92 Å². The van der Waals surface area contributed by atoms with Crippen molar-refractivity contribution < 1.29 is 0 Å². The molecule has 0 aromatic carbocycles. The molecule has 1 unspecified atom stereocenters. The Hall–Kier alpha value is 0. The number of unbranched alkanes of at least 4 members (excludes halogenated alkanes) is 22. The number of hydrogen-bond acceptors (Lipinski definition) is 0. The molecule has 0 bridgehead atoms. The van der Waals surface area contributed by atoms with Crippen LogP contribution < -0.4 is 0 Å². The molecule has 1 radical (unpaired) electrons. The van der Waals surface area contributed by atoms with Gasteiger partial charge in [0.2, 0.25) is 0 Å². The van der Waals surface area contributed by atoms with Crippen LogP contribution in [0.1, 0.15) is 194 Å². The van der Waals surface area contributed by atoms with Crippen molar-refractivity contribution in [2.24, 2.45) is 5.92 Å². The molecule has 0 rings (SSSR count). The maximum atomic E-state index is 4.03. The van der Waals surface area contributed by atoms with Crippen molar-refractivity contribution >= 4 is 0 Å². The third-order valence-electron chi connectivity index (χ3n) is 7.54. The van der Waals surface area contributed by atoms with E-state index in [2.05, 4.69) is 20.8 Å². The quantitative estimate of drug-likeness (QED) is 0.104. The Balaban J connectivity index is 3.47. The molecule has 0 aromatic heterocycles. The van der Waals surface area contributed by atoms with Crippen LogP contribution in [0, 0.1) is 12.8 Å². The summed E-state index contributed by atoms with van der Waals surface area (Å²) in [6, 6.07) is 0. The van der Waals surface area contributed by atoms with E-state index in [0.29, 0.717) is 0 Å². The normalized spacial score (nSPS) is 12.5. The Labute approximate surface area is 206 Å². The fourth-order valence-corrected chi connectivity index (χ4v) is 5.24. The first-order valence-corrected chi connectivity index (χ1v) is 15.6. The van der Waals surface area contributed by atoms with Gasteiger partial charge in [0.1, 0.15) is 0 Å². The second kappa shape index (κ2) is 29.0. The predicted octanol–water partition coefficient (Wildman–Crippen LogP) is 12.4. The summed E-state index contributed by atoms with van der Waals surface area (Å²) in [5, 5.41) is 0. The average molecular weight is 450 g/mol. The van der Waals surface area contributed by atoms with Crippen LogP contribution in [0.5, 0.6) is 0 Å². The summed E-state index contributed by atoms with van der Waals surface area (Å²) in [6.45, 7) is 8.66. The Morgan fingerprint density at radius 2 is 0.594 bits per heavy atom. The second-order valence-electron chi connectivity index (χ2n) is 10.9. The van der Waals surface area contributed by atoms with Gasteiger partial charge in [-0.3, -0.25) is 0 Å². The zero-order valence-corrected chi connectivity index (χ0v) is 23.1. The molecular weight excluding hydrogens is 384 g/mol.